The van der Waals surface area contributed by atoms with E-state index < -0.39 is 67.0 Å². The van der Waals surface area contributed by atoms with Crippen molar-refractivity contribution in [1.82, 2.24) is 4.90 Å². The third kappa shape index (κ3) is 4.62. The SMILES string of the molecule is CC(=O)OCC1OC(OC(C)=O)[C@@H](N2C(=O)C(C)=C(C)C2=O)[C@H](O)C1OC(C)=O. The maximum Gasteiger partial charge on any atom is 0.305 e. The molecule has 2 amide bonds. The van der Waals surface area contributed by atoms with Gasteiger partial charge in [-0.05, 0) is 13.8 Å². The number of nitrogens with zero attached hydrogens (tertiary/aromatic N) is 1. The highest BCUT2D eigenvalue weighted by Crippen LogP contribution is 2.33. The number of carbonyl (C=O) groups excluding carboxylic acids is 5. The molecule has 11 heteroatoms. The van der Waals surface area contributed by atoms with Crippen molar-refractivity contribution in [2.75, 3.05) is 6.61 Å². The predicted molar refractivity (Wildman–Crippen MR) is 92.6 cm³/mol. The summed E-state index contributed by atoms with van der Waals surface area (Å²) in [5.41, 5.74) is 0.324. The summed E-state index contributed by atoms with van der Waals surface area (Å²) in [6.45, 7) is 5.77. The van der Waals surface area contributed by atoms with Crippen molar-refractivity contribution in [2.24, 2.45) is 0 Å². The lowest BCUT2D eigenvalue weighted by molar-refractivity contribution is -0.278. The smallest absolute Gasteiger partial charge is 0.305 e. The van der Waals surface area contributed by atoms with Gasteiger partial charge in [-0.3, -0.25) is 28.9 Å². The maximum atomic E-state index is 12.6. The molecule has 5 atom stereocenters. The molecule has 0 aliphatic carbocycles. The van der Waals surface area contributed by atoms with E-state index in [4.69, 9.17) is 18.9 Å². The first-order valence-electron chi connectivity index (χ1n) is 8.82. The first kappa shape index (κ1) is 22.5. The number of imide groups is 1. The van der Waals surface area contributed by atoms with Gasteiger partial charge in [-0.25, -0.2) is 0 Å². The zero-order valence-electron chi connectivity index (χ0n) is 16.7. The normalized spacial score (nSPS) is 29.7. The second-order valence-electron chi connectivity index (χ2n) is 6.74. The fraction of sp³-hybridized carbons (Fsp3) is 0.611. The Morgan fingerprint density at radius 1 is 0.966 bits per heavy atom. The Morgan fingerprint density at radius 2 is 1.48 bits per heavy atom. The van der Waals surface area contributed by atoms with Crippen molar-refractivity contribution >= 4 is 29.7 Å². The minimum Gasteiger partial charge on any atom is -0.463 e. The molecule has 0 aromatic rings. The number of hydrogen-bond acceptors (Lipinski definition) is 10. The first-order valence-corrected chi connectivity index (χ1v) is 8.82. The molecule has 160 valence electrons. The molecule has 2 heterocycles. The minimum absolute atomic E-state index is 0.162. The average Bonchev–Trinajstić information content (AvgIpc) is 2.79. The van der Waals surface area contributed by atoms with Crippen LogP contribution in [0.5, 0.6) is 0 Å². The molecule has 0 aromatic carbocycles. The van der Waals surface area contributed by atoms with Gasteiger partial charge in [-0.15, -0.1) is 0 Å². The van der Waals surface area contributed by atoms with E-state index in [0.717, 1.165) is 25.7 Å². The van der Waals surface area contributed by atoms with Crippen molar-refractivity contribution in [1.29, 1.82) is 0 Å². The van der Waals surface area contributed by atoms with E-state index in [2.05, 4.69) is 0 Å². The summed E-state index contributed by atoms with van der Waals surface area (Å²) in [7, 11) is 0. The first-order chi connectivity index (χ1) is 13.5. The second-order valence-corrected chi connectivity index (χ2v) is 6.74. The summed E-state index contributed by atoms with van der Waals surface area (Å²) in [5.74, 6) is -3.63. The lowest BCUT2D eigenvalue weighted by Crippen LogP contribution is -2.67. The topological polar surface area (TPSA) is 146 Å². The van der Waals surface area contributed by atoms with Gasteiger partial charge < -0.3 is 24.1 Å². The van der Waals surface area contributed by atoms with Crippen LogP contribution in [0.4, 0.5) is 0 Å². The quantitative estimate of drug-likeness (QED) is 0.345. The van der Waals surface area contributed by atoms with E-state index >= 15 is 0 Å². The molecule has 2 aliphatic rings. The number of carbonyl (C=O) groups is 5. The van der Waals surface area contributed by atoms with E-state index in [-0.39, 0.29) is 11.1 Å². The van der Waals surface area contributed by atoms with Crippen LogP contribution < -0.4 is 0 Å². The monoisotopic (exact) mass is 413 g/mol. The van der Waals surface area contributed by atoms with Crippen LogP contribution in [0.2, 0.25) is 0 Å². The molecule has 0 radical (unpaired) electrons. The molecule has 1 fully saturated rings. The third-order valence-electron chi connectivity index (χ3n) is 4.62. The molecule has 0 bridgehead atoms. The highest BCUT2D eigenvalue weighted by atomic mass is 16.7. The molecule has 3 unspecified atom stereocenters. The van der Waals surface area contributed by atoms with E-state index in [1.54, 1.807) is 0 Å². The summed E-state index contributed by atoms with van der Waals surface area (Å²) < 4.78 is 20.7. The Balaban J connectivity index is 2.43. The van der Waals surface area contributed by atoms with Crippen LogP contribution in [0.1, 0.15) is 34.6 Å². The van der Waals surface area contributed by atoms with E-state index in [9.17, 15) is 29.1 Å². The van der Waals surface area contributed by atoms with Gasteiger partial charge in [0.25, 0.3) is 11.8 Å². The van der Waals surface area contributed by atoms with Crippen molar-refractivity contribution < 1.29 is 48.0 Å². The van der Waals surface area contributed by atoms with Crippen LogP contribution in [0.3, 0.4) is 0 Å². The zero-order chi connectivity index (χ0) is 22.0. The molecule has 1 N–H and O–H groups in total. The summed E-state index contributed by atoms with van der Waals surface area (Å²) in [5, 5.41) is 10.9. The fourth-order valence-electron chi connectivity index (χ4n) is 3.16. The van der Waals surface area contributed by atoms with Crippen LogP contribution in [0.25, 0.3) is 0 Å². The van der Waals surface area contributed by atoms with Gasteiger partial charge in [0.1, 0.15) is 24.9 Å². The molecule has 1 saturated heterocycles. The Bertz CT molecular complexity index is 749. The molecular formula is C18H23NO10. The Morgan fingerprint density at radius 3 is 1.93 bits per heavy atom. The standard InChI is InChI=1S/C18H23NO10/c1-7-8(2)17(25)19(16(7)24)13-14(23)15(27-10(4)21)12(6-26-9(3)20)29-18(13)28-11(5)22/h12-15,18,23H,6H2,1-5H3/t12?,13-,14-,15?,18?/m0/s1. The number of aliphatic hydroxyl groups excluding tert-OH is 1. The van der Waals surface area contributed by atoms with Crippen LogP contribution >= 0.6 is 0 Å². The lowest BCUT2D eigenvalue weighted by Gasteiger charge is -2.45. The van der Waals surface area contributed by atoms with E-state index in [0.29, 0.717) is 0 Å². The van der Waals surface area contributed by atoms with Gasteiger partial charge in [-0.1, -0.05) is 0 Å². The third-order valence-corrected chi connectivity index (χ3v) is 4.62. The number of hydrogen-bond donors (Lipinski definition) is 1. The maximum absolute atomic E-state index is 12.6. The molecule has 2 aliphatic heterocycles. The molecule has 29 heavy (non-hydrogen) atoms. The van der Waals surface area contributed by atoms with Crippen molar-refractivity contribution in [3.8, 4) is 0 Å². The average molecular weight is 413 g/mol. The van der Waals surface area contributed by atoms with Gasteiger partial charge >= 0.3 is 17.9 Å². The Labute approximate surface area is 166 Å². The fourth-order valence-corrected chi connectivity index (χ4v) is 3.16. The highest BCUT2D eigenvalue weighted by Gasteiger charge is 2.55. The number of aliphatic hydroxyl groups is 1. The summed E-state index contributed by atoms with van der Waals surface area (Å²) in [6.07, 6.45) is -5.85. The van der Waals surface area contributed by atoms with Gasteiger partial charge in [0.2, 0.25) is 6.29 Å². The molecular weight excluding hydrogens is 390 g/mol. The second kappa shape index (κ2) is 8.70. The summed E-state index contributed by atoms with van der Waals surface area (Å²) in [6, 6.07) is -1.48. The van der Waals surface area contributed by atoms with E-state index in [1.165, 1.54) is 13.8 Å². The van der Waals surface area contributed by atoms with Crippen LogP contribution in [0, 0.1) is 0 Å². The molecule has 2 rings (SSSR count). The number of rotatable bonds is 5. The van der Waals surface area contributed by atoms with Crippen molar-refractivity contribution in [3.05, 3.63) is 11.1 Å². The Kier molecular flexibility index (Phi) is 6.75. The number of ether oxygens (including phenoxy) is 4. The Hall–Kier alpha value is -2.79. The van der Waals surface area contributed by atoms with E-state index in [1.807, 2.05) is 0 Å². The number of esters is 3. The van der Waals surface area contributed by atoms with Crippen LogP contribution in [0.15, 0.2) is 11.1 Å². The summed E-state index contributed by atoms with van der Waals surface area (Å²) >= 11 is 0. The zero-order valence-corrected chi connectivity index (χ0v) is 16.7. The lowest BCUT2D eigenvalue weighted by atomic mass is 9.95. The van der Waals surface area contributed by atoms with Gasteiger partial charge in [0, 0.05) is 31.9 Å². The minimum atomic E-state index is -1.68. The van der Waals surface area contributed by atoms with Crippen molar-refractivity contribution in [2.45, 2.75) is 65.3 Å². The van der Waals surface area contributed by atoms with Crippen molar-refractivity contribution in [3.63, 3.8) is 0 Å². The van der Waals surface area contributed by atoms with Crippen LogP contribution in [-0.2, 0) is 42.9 Å². The molecule has 11 nitrogen and oxygen atoms in total. The largest absolute Gasteiger partial charge is 0.463 e. The van der Waals surface area contributed by atoms with Gasteiger partial charge in [-0.2, -0.15) is 0 Å². The molecule has 0 spiro atoms. The number of amides is 2. The van der Waals surface area contributed by atoms with Gasteiger partial charge in [0.15, 0.2) is 6.10 Å². The highest BCUT2D eigenvalue weighted by molar-refractivity contribution is 6.19. The van der Waals surface area contributed by atoms with Gasteiger partial charge in [0.05, 0.1) is 0 Å². The molecule has 0 aromatic heterocycles. The molecule has 0 saturated carbocycles. The van der Waals surface area contributed by atoms with Crippen LogP contribution in [-0.4, -0.2) is 77.0 Å². The summed E-state index contributed by atoms with van der Waals surface area (Å²) in [4.78, 5) is 60.1. The predicted octanol–water partition coefficient (Wildman–Crippen LogP) is -0.796.